The number of hydrogen-bond acceptors (Lipinski definition) is 2. The lowest BCUT2D eigenvalue weighted by atomic mass is 9.67. The van der Waals surface area contributed by atoms with Crippen LogP contribution in [0.4, 0.5) is 4.79 Å². The lowest BCUT2D eigenvalue weighted by molar-refractivity contribution is 0.0250. The van der Waals surface area contributed by atoms with Gasteiger partial charge in [0.1, 0.15) is 0 Å². The van der Waals surface area contributed by atoms with E-state index in [1.54, 1.807) is 4.90 Å². The summed E-state index contributed by atoms with van der Waals surface area (Å²) in [5.41, 5.74) is 5.69. The monoisotopic (exact) mass is 183 g/mol. The topological polar surface area (TPSA) is 58.4 Å². The molecule has 1 unspecified atom stereocenters. The number of amides is 2. The molecular weight excluding hydrogens is 166 g/mol. The van der Waals surface area contributed by atoms with Gasteiger partial charge in [0.25, 0.3) is 0 Å². The second-order valence-electron chi connectivity index (χ2n) is 4.29. The zero-order valence-electron chi connectivity index (χ0n) is 8.05. The van der Waals surface area contributed by atoms with Gasteiger partial charge in [0.05, 0.1) is 0 Å². The van der Waals surface area contributed by atoms with E-state index in [4.69, 9.17) is 5.73 Å². The van der Waals surface area contributed by atoms with Crippen molar-refractivity contribution >= 4 is 6.03 Å². The Balaban J connectivity index is 1.92. The molecule has 1 spiro atoms. The Morgan fingerprint density at radius 2 is 2.15 bits per heavy atom. The Labute approximate surface area is 78.5 Å². The molecular formula is C9H17N3O. The zero-order valence-corrected chi connectivity index (χ0v) is 8.05. The number of urea groups is 1. The Morgan fingerprint density at radius 1 is 1.54 bits per heavy atom. The molecule has 74 valence electrons. The van der Waals surface area contributed by atoms with Crippen molar-refractivity contribution in [3.8, 4) is 0 Å². The van der Waals surface area contributed by atoms with Crippen molar-refractivity contribution < 1.29 is 4.79 Å². The van der Waals surface area contributed by atoms with Crippen LogP contribution in [0, 0.1) is 5.41 Å². The van der Waals surface area contributed by atoms with Crippen LogP contribution in [0.1, 0.15) is 19.8 Å². The molecule has 4 heteroatoms. The van der Waals surface area contributed by atoms with Gasteiger partial charge in [-0.2, -0.15) is 0 Å². The predicted octanol–water partition coefficient (Wildman–Crippen LogP) is 0.139. The van der Waals surface area contributed by atoms with Crippen molar-refractivity contribution in [2.45, 2.75) is 25.8 Å². The molecule has 2 aliphatic heterocycles. The second kappa shape index (κ2) is 2.87. The molecule has 0 saturated carbocycles. The summed E-state index contributed by atoms with van der Waals surface area (Å²) in [4.78, 5) is 12.6. The maximum atomic E-state index is 10.9. The third-order valence-corrected chi connectivity index (χ3v) is 3.75. The van der Waals surface area contributed by atoms with Gasteiger partial charge in [-0.05, 0) is 19.8 Å². The third-order valence-electron chi connectivity index (χ3n) is 3.75. The molecule has 2 aliphatic rings. The van der Waals surface area contributed by atoms with Crippen LogP contribution in [-0.2, 0) is 0 Å². The smallest absolute Gasteiger partial charge is 0.314 e. The fraction of sp³-hybridized carbons (Fsp3) is 0.889. The fourth-order valence-electron chi connectivity index (χ4n) is 2.38. The van der Waals surface area contributed by atoms with E-state index < -0.39 is 0 Å². The molecule has 2 heterocycles. The average molecular weight is 183 g/mol. The first-order chi connectivity index (χ1) is 6.14. The largest absolute Gasteiger partial charge is 0.351 e. The Morgan fingerprint density at radius 3 is 2.46 bits per heavy atom. The van der Waals surface area contributed by atoms with Crippen molar-refractivity contribution in [3.63, 3.8) is 0 Å². The number of nitrogens with zero attached hydrogens (tertiary/aromatic N) is 1. The first kappa shape index (κ1) is 8.81. The molecule has 0 aromatic rings. The number of carbonyl (C=O) groups is 1. The lowest BCUT2D eigenvalue weighted by Crippen LogP contribution is -2.64. The average Bonchev–Trinajstić information content (AvgIpc) is 2.15. The van der Waals surface area contributed by atoms with Gasteiger partial charge < -0.3 is 16.0 Å². The highest BCUT2D eigenvalue weighted by Gasteiger charge is 2.45. The Hall–Kier alpha value is -0.770. The number of carbonyl (C=O) groups excluding carboxylic acids is 1. The highest BCUT2D eigenvalue weighted by molar-refractivity contribution is 5.72. The van der Waals surface area contributed by atoms with E-state index in [-0.39, 0.29) is 6.03 Å². The van der Waals surface area contributed by atoms with Crippen LogP contribution in [0.3, 0.4) is 0 Å². The van der Waals surface area contributed by atoms with Crippen LogP contribution >= 0.6 is 0 Å². The molecule has 13 heavy (non-hydrogen) atoms. The van der Waals surface area contributed by atoms with Gasteiger partial charge in [-0.1, -0.05) is 0 Å². The summed E-state index contributed by atoms with van der Waals surface area (Å²) in [6.45, 7) is 5.01. The number of nitrogens with two attached hydrogens (primary N) is 1. The van der Waals surface area contributed by atoms with E-state index in [2.05, 4.69) is 12.2 Å². The molecule has 0 bridgehead atoms. The predicted molar refractivity (Wildman–Crippen MR) is 50.3 cm³/mol. The summed E-state index contributed by atoms with van der Waals surface area (Å²) < 4.78 is 0. The Kier molecular flexibility index (Phi) is 1.95. The molecule has 2 fully saturated rings. The van der Waals surface area contributed by atoms with Crippen LogP contribution in [-0.4, -0.2) is 36.6 Å². The minimum Gasteiger partial charge on any atom is -0.351 e. The van der Waals surface area contributed by atoms with E-state index in [9.17, 15) is 4.79 Å². The van der Waals surface area contributed by atoms with E-state index >= 15 is 0 Å². The van der Waals surface area contributed by atoms with Gasteiger partial charge in [0.2, 0.25) is 0 Å². The standard InChI is InChI=1S/C9H17N3O/c1-7-9(6-11-7)2-4-12(5-3-9)8(10)13/h7,11H,2-6H2,1H3,(H2,10,13). The summed E-state index contributed by atoms with van der Waals surface area (Å²) in [5, 5.41) is 3.38. The molecule has 4 nitrogen and oxygen atoms in total. The Bertz CT molecular complexity index is 221. The molecule has 0 radical (unpaired) electrons. The van der Waals surface area contributed by atoms with Crippen molar-refractivity contribution in [1.29, 1.82) is 0 Å². The molecule has 2 rings (SSSR count). The molecule has 0 aromatic carbocycles. The normalized spacial score (nSPS) is 31.5. The lowest BCUT2D eigenvalue weighted by Gasteiger charge is -2.53. The van der Waals surface area contributed by atoms with Crippen molar-refractivity contribution in [3.05, 3.63) is 0 Å². The quantitative estimate of drug-likeness (QED) is 0.561. The van der Waals surface area contributed by atoms with E-state index in [1.807, 2.05) is 0 Å². The van der Waals surface area contributed by atoms with Crippen LogP contribution < -0.4 is 11.1 Å². The van der Waals surface area contributed by atoms with Crippen LogP contribution in [0.25, 0.3) is 0 Å². The SMILES string of the molecule is CC1NCC12CCN(C(N)=O)CC2. The number of rotatable bonds is 0. The summed E-state index contributed by atoms with van der Waals surface area (Å²) in [6.07, 6.45) is 2.20. The van der Waals surface area contributed by atoms with Gasteiger partial charge in [-0.15, -0.1) is 0 Å². The van der Waals surface area contributed by atoms with Gasteiger partial charge in [-0.3, -0.25) is 0 Å². The molecule has 3 N–H and O–H groups in total. The van der Waals surface area contributed by atoms with Crippen molar-refractivity contribution in [2.75, 3.05) is 19.6 Å². The first-order valence-corrected chi connectivity index (χ1v) is 4.92. The van der Waals surface area contributed by atoms with Gasteiger partial charge >= 0.3 is 6.03 Å². The van der Waals surface area contributed by atoms with Crippen molar-refractivity contribution in [2.24, 2.45) is 11.1 Å². The molecule has 2 amide bonds. The van der Waals surface area contributed by atoms with E-state index in [0.29, 0.717) is 11.5 Å². The van der Waals surface area contributed by atoms with Crippen LogP contribution in [0.15, 0.2) is 0 Å². The van der Waals surface area contributed by atoms with Gasteiger partial charge in [0.15, 0.2) is 0 Å². The molecule has 0 aromatic heterocycles. The minimum absolute atomic E-state index is 0.269. The number of nitrogens with one attached hydrogen (secondary N) is 1. The summed E-state index contributed by atoms with van der Waals surface area (Å²) >= 11 is 0. The fourth-order valence-corrected chi connectivity index (χ4v) is 2.38. The molecule has 1 atom stereocenters. The first-order valence-electron chi connectivity index (χ1n) is 4.92. The van der Waals surface area contributed by atoms with E-state index in [0.717, 1.165) is 32.5 Å². The zero-order chi connectivity index (χ0) is 9.47. The summed E-state index contributed by atoms with van der Waals surface area (Å²) in [5.74, 6) is 0. The van der Waals surface area contributed by atoms with Crippen LogP contribution in [0.2, 0.25) is 0 Å². The highest BCUT2D eigenvalue weighted by Crippen LogP contribution is 2.39. The maximum absolute atomic E-state index is 10.9. The van der Waals surface area contributed by atoms with Gasteiger partial charge in [-0.25, -0.2) is 4.79 Å². The summed E-state index contributed by atoms with van der Waals surface area (Å²) in [7, 11) is 0. The number of primary amides is 1. The minimum atomic E-state index is -0.269. The van der Waals surface area contributed by atoms with E-state index in [1.165, 1.54) is 0 Å². The van der Waals surface area contributed by atoms with Gasteiger partial charge in [0, 0.05) is 31.1 Å². The number of piperidine rings is 1. The molecule has 0 aliphatic carbocycles. The van der Waals surface area contributed by atoms with Crippen LogP contribution in [0.5, 0.6) is 0 Å². The summed E-state index contributed by atoms with van der Waals surface area (Å²) in [6, 6.07) is 0.345. The number of likely N-dealkylation sites (tertiary alicyclic amines) is 1. The second-order valence-corrected chi connectivity index (χ2v) is 4.29. The third kappa shape index (κ3) is 1.29. The molecule has 2 saturated heterocycles. The number of hydrogen-bond donors (Lipinski definition) is 2. The highest BCUT2D eigenvalue weighted by atomic mass is 16.2. The van der Waals surface area contributed by atoms with Crippen molar-refractivity contribution in [1.82, 2.24) is 10.2 Å². The maximum Gasteiger partial charge on any atom is 0.314 e.